The van der Waals surface area contributed by atoms with E-state index in [4.69, 9.17) is 4.74 Å². The summed E-state index contributed by atoms with van der Waals surface area (Å²) in [5, 5.41) is 10.8. The highest BCUT2D eigenvalue weighted by Crippen LogP contribution is 2.60. The molecule has 6 atom stereocenters. The van der Waals surface area contributed by atoms with Gasteiger partial charge in [0.05, 0.1) is 30.1 Å². The fourth-order valence-corrected chi connectivity index (χ4v) is 8.02. The maximum absolute atomic E-state index is 15.0. The summed E-state index contributed by atoms with van der Waals surface area (Å²) in [4.78, 5) is 49.4. The first-order chi connectivity index (χ1) is 20.7. The van der Waals surface area contributed by atoms with Crippen LogP contribution in [0.4, 0.5) is 5.69 Å². The molecule has 2 saturated heterocycles. The molecule has 1 spiro atoms. The third-order valence-electron chi connectivity index (χ3n) is 9.86. The predicted octanol–water partition coefficient (Wildman–Crippen LogP) is 4.11. The molecule has 226 valence electrons. The number of anilines is 1. The Kier molecular flexibility index (Phi) is 7.55. The van der Waals surface area contributed by atoms with Gasteiger partial charge in [0.25, 0.3) is 5.91 Å². The number of nitrogens with zero attached hydrogens (tertiary/aromatic N) is 3. The van der Waals surface area contributed by atoms with Crippen molar-refractivity contribution in [2.24, 2.45) is 11.8 Å². The van der Waals surface area contributed by atoms with Crippen molar-refractivity contribution >= 4 is 23.4 Å². The van der Waals surface area contributed by atoms with Crippen molar-refractivity contribution in [2.75, 3.05) is 31.1 Å². The highest BCUT2D eigenvalue weighted by atomic mass is 16.5. The Morgan fingerprint density at radius 1 is 0.884 bits per heavy atom. The molecular weight excluding hydrogens is 542 g/mol. The first kappa shape index (κ1) is 29.3. The molecule has 1 N–H and O–H groups in total. The highest BCUT2D eigenvalue weighted by Gasteiger charge is 2.76. The molecular formula is C35H41N3O5. The van der Waals surface area contributed by atoms with E-state index in [-0.39, 0.29) is 24.3 Å². The monoisotopic (exact) mass is 583 g/mol. The lowest BCUT2D eigenvalue weighted by molar-refractivity contribution is -0.152. The number of amides is 3. The quantitative estimate of drug-likeness (QED) is 0.496. The van der Waals surface area contributed by atoms with Gasteiger partial charge < -0.3 is 24.5 Å². The van der Waals surface area contributed by atoms with Crippen LogP contribution in [-0.2, 0) is 19.1 Å². The normalized spacial score (nSPS) is 30.7. The number of hydrogen-bond donors (Lipinski definition) is 1. The number of ether oxygens (including phenoxy) is 1. The van der Waals surface area contributed by atoms with Crippen LogP contribution in [0.1, 0.15) is 49.4 Å². The fourth-order valence-electron chi connectivity index (χ4n) is 8.02. The summed E-state index contributed by atoms with van der Waals surface area (Å²) in [5.74, 6) is -2.47. The molecule has 2 fully saturated rings. The van der Waals surface area contributed by atoms with Crippen molar-refractivity contribution in [3.05, 3.63) is 89.5 Å². The molecule has 43 heavy (non-hydrogen) atoms. The minimum Gasteiger partial charge on any atom is -0.394 e. The number of aliphatic hydroxyl groups is 1. The van der Waals surface area contributed by atoms with Gasteiger partial charge >= 0.3 is 0 Å². The average molecular weight is 584 g/mol. The lowest BCUT2D eigenvalue weighted by Crippen LogP contribution is -2.57. The largest absolute Gasteiger partial charge is 0.394 e. The SMILES string of the molecule is CCCN1CC=C[C@@]2(CC)O[C@]34C=CCN(c5c(C)cccc5C)C(=O)C3N([C@H](CO)c3ccccc3)C(=O)[C@@H]4[C@H]2C1=O. The summed E-state index contributed by atoms with van der Waals surface area (Å²) in [5.41, 5.74) is 0.981. The molecule has 0 aliphatic carbocycles. The highest BCUT2D eigenvalue weighted by molar-refractivity contribution is 6.06. The minimum atomic E-state index is -1.39. The Morgan fingerprint density at radius 3 is 2.23 bits per heavy atom. The maximum Gasteiger partial charge on any atom is 0.253 e. The van der Waals surface area contributed by atoms with Gasteiger partial charge in [-0.1, -0.05) is 86.7 Å². The lowest BCUT2D eigenvalue weighted by atomic mass is 9.73. The second-order valence-corrected chi connectivity index (χ2v) is 12.3. The summed E-state index contributed by atoms with van der Waals surface area (Å²) in [6.45, 7) is 8.89. The number of para-hydroxylation sites is 1. The Balaban J connectivity index is 1.57. The second-order valence-electron chi connectivity index (χ2n) is 12.3. The summed E-state index contributed by atoms with van der Waals surface area (Å²) >= 11 is 0. The van der Waals surface area contributed by atoms with Gasteiger partial charge in [0.2, 0.25) is 11.8 Å². The molecule has 4 aliphatic rings. The van der Waals surface area contributed by atoms with Crippen molar-refractivity contribution in [1.29, 1.82) is 0 Å². The zero-order valence-corrected chi connectivity index (χ0v) is 25.4. The first-order valence-corrected chi connectivity index (χ1v) is 15.4. The van der Waals surface area contributed by atoms with Gasteiger partial charge in [-0.05, 0) is 43.4 Å². The minimum absolute atomic E-state index is 0.124. The number of aliphatic hydroxyl groups excluding tert-OH is 1. The van der Waals surface area contributed by atoms with E-state index in [1.807, 2.05) is 101 Å². The summed E-state index contributed by atoms with van der Waals surface area (Å²) in [6, 6.07) is 13.3. The van der Waals surface area contributed by atoms with E-state index in [0.717, 1.165) is 28.8 Å². The van der Waals surface area contributed by atoms with Gasteiger partial charge in [-0.15, -0.1) is 0 Å². The number of likely N-dealkylation sites (tertiary alicyclic amines) is 1. The van der Waals surface area contributed by atoms with E-state index in [1.165, 1.54) is 4.90 Å². The molecule has 4 aliphatic heterocycles. The number of carbonyl (C=O) groups is 3. The first-order valence-electron chi connectivity index (χ1n) is 15.4. The number of carbonyl (C=O) groups excluding carboxylic acids is 3. The number of rotatable bonds is 7. The van der Waals surface area contributed by atoms with E-state index in [1.54, 1.807) is 9.80 Å². The van der Waals surface area contributed by atoms with Crippen LogP contribution in [0.25, 0.3) is 0 Å². The van der Waals surface area contributed by atoms with Crippen LogP contribution in [0.3, 0.4) is 0 Å². The second kappa shape index (κ2) is 11.1. The van der Waals surface area contributed by atoms with E-state index < -0.39 is 35.1 Å². The van der Waals surface area contributed by atoms with Crippen LogP contribution in [-0.4, -0.2) is 76.1 Å². The Hall–Kier alpha value is -3.75. The van der Waals surface area contributed by atoms with Gasteiger partial charge in [-0.3, -0.25) is 14.4 Å². The van der Waals surface area contributed by atoms with Gasteiger partial charge in [-0.25, -0.2) is 0 Å². The van der Waals surface area contributed by atoms with E-state index in [0.29, 0.717) is 26.1 Å². The maximum atomic E-state index is 15.0. The van der Waals surface area contributed by atoms with Crippen LogP contribution in [0.15, 0.2) is 72.8 Å². The zero-order valence-electron chi connectivity index (χ0n) is 25.4. The fraction of sp³-hybridized carbons (Fsp3) is 0.457. The molecule has 1 unspecified atom stereocenters. The van der Waals surface area contributed by atoms with Gasteiger partial charge in [0, 0.05) is 25.3 Å². The molecule has 8 heteroatoms. The molecule has 4 heterocycles. The Bertz CT molecular complexity index is 1470. The van der Waals surface area contributed by atoms with E-state index in [2.05, 4.69) is 0 Å². The Labute approximate surface area is 253 Å². The topological polar surface area (TPSA) is 90.4 Å². The number of hydrogen-bond acceptors (Lipinski definition) is 5. The van der Waals surface area contributed by atoms with Crippen molar-refractivity contribution in [3.63, 3.8) is 0 Å². The zero-order chi connectivity index (χ0) is 30.5. The van der Waals surface area contributed by atoms with Gasteiger partial charge in [0.15, 0.2) is 0 Å². The summed E-state index contributed by atoms with van der Waals surface area (Å²) < 4.78 is 7.11. The molecule has 0 aromatic heterocycles. The van der Waals surface area contributed by atoms with E-state index >= 15 is 4.79 Å². The van der Waals surface area contributed by atoms with Crippen molar-refractivity contribution in [2.45, 2.75) is 63.8 Å². The molecule has 2 aromatic rings. The molecule has 3 amide bonds. The molecule has 0 bridgehead atoms. The van der Waals surface area contributed by atoms with Crippen LogP contribution in [0.2, 0.25) is 0 Å². The van der Waals surface area contributed by atoms with Crippen molar-refractivity contribution < 1.29 is 24.2 Å². The molecule has 6 rings (SSSR count). The van der Waals surface area contributed by atoms with Crippen LogP contribution >= 0.6 is 0 Å². The molecule has 0 radical (unpaired) electrons. The Morgan fingerprint density at radius 2 is 1.58 bits per heavy atom. The molecule has 8 nitrogen and oxygen atoms in total. The van der Waals surface area contributed by atoms with E-state index in [9.17, 15) is 14.7 Å². The van der Waals surface area contributed by atoms with Crippen molar-refractivity contribution in [3.8, 4) is 0 Å². The number of fused-ring (bicyclic) bond motifs is 2. The van der Waals surface area contributed by atoms with Crippen LogP contribution in [0.5, 0.6) is 0 Å². The van der Waals surface area contributed by atoms with Crippen molar-refractivity contribution in [1.82, 2.24) is 9.80 Å². The lowest BCUT2D eigenvalue weighted by Gasteiger charge is -2.41. The number of aryl methyl sites for hydroxylation is 2. The smallest absolute Gasteiger partial charge is 0.253 e. The van der Waals surface area contributed by atoms with Crippen LogP contribution in [0, 0.1) is 25.7 Å². The number of benzene rings is 2. The third-order valence-corrected chi connectivity index (χ3v) is 9.86. The molecule has 0 saturated carbocycles. The van der Waals surface area contributed by atoms with Gasteiger partial charge in [0.1, 0.15) is 11.6 Å². The van der Waals surface area contributed by atoms with Gasteiger partial charge in [-0.2, -0.15) is 0 Å². The molecule has 2 aromatic carbocycles. The summed E-state index contributed by atoms with van der Waals surface area (Å²) in [7, 11) is 0. The average Bonchev–Trinajstić information content (AvgIpc) is 3.30. The third kappa shape index (κ3) is 4.29. The van der Waals surface area contributed by atoms with Crippen LogP contribution < -0.4 is 4.90 Å². The standard InChI is InChI=1S/C35H41N3O5/c1-5-19-36-20-11-17-34(6-2)27(31(36)40)28-32(41)38(26(22-39)25-15-8-7-9-16-25)30-33(42)37(21-12-18-35(28,30)43-34)29-23(3)13-10-14-24(29)4/h7-18,26-28,30,39H,5-6,19-22H2,1-4H3/t26-,27+,28+,30?,34-,35+/m1/s1. The predicted molar refractivity (Wildman–Crippen MR) is 164 cm³/mol. The summed E-state index contributed by atoms with van der Waals surface area (Å²) in [6.07, 6.45) is 8.98.